The number of primary amides is 1. The van der Waals surface area contributed by atoms with Crippen LogP contribution in [0.15, 0.2) is 53.4 Å². The van der Waals surface area contributed by atoms with Crippen molar-refractivity contribution in [2.24, 2.45) is 5.73 Å². The van der Waals surface area contributed by atoms with Crippen LogP contribution in [0.5, 0.6) is 0 Å². The van der Waals surface area contributed by atoms with Crippen molar-refractivity contribution in [3.05, 3.63) is 64.7 Å². The number of sulfonamides is 1. The second-order valence-corrected chi connectivity index (χ2v) is 7.97. The number of nitrogens with two attached hydrogens (primary N) is 1. The van der Waals surface area contributed by atoms with Crippen LogP contribution in [0.3, 0.4) is 0 Å². The topological polar surface area (TPSA) is 104 Å². The number of nitriles is 1. The number of amides is 1. The van der Waals surface area contributed by atoms with Gasteiger partial charge in [-0.1, -0.05) is 30.7 Å². The van der Waals surface area contributed by atoms with Gasteiger partial charge in [0, 0.05) is 11.6 Å². The molecule has 2 rings (SSSR count). The third-order valence-corrected chi connectivity index (χ3v) is 6.03. The van der Waals surface area contributed by atoms with Crippen molar-refractivity contribution >= 4 is 27.5 Å². The Morgan fingerprint density at radius 2 is 1.77 bits per heavy atom. The molecule has 1 amide bonds. The van der Waals surface area contributed by atoms with Crippen LogP contribution in [0.1, 0.15) is 24.5 Å². The predicted octanol–water partition coefficient (Wildman–Crippen LogP) is 2.67. The Morgan fingerprint density at radius 3 is 2.23 bits per heavy atom. The number of hydrogen-bond acceptors (Lipinski definition) is 4. The standard InChI is InChI=1S/C18H18ClN3O3S/c1-2-17(18(21)23)22(12-14-5-3-13(11-20)4-6-14)26(24,25)16-9-7-15(19)8-10-16/h3-10,17H,2,12H2,1H3,(H2,21,23)/t17-/m1/s1. The third kappa shape index (κ3) is 4.41. The lowest BCUT2D eigenvalue weighted by Gasteiger charge is -2.28. The van der Waals surface area contributed by atoms with Crippen LogP contribution in [-0.2, 0) is 21.4 Å². The van der Waals surface area contributed by atoms with Crippen molar-refractivity contribution < 1.29 is 13.2 Å². The van der Waals surface area contributed by atoms with Gasteiger partial charge >= 0.3 is 0 Å². The van der Waals surface area contributed by atoms with Crippen LogP contribution < -0.4 is 5.73 Å². The lowest BCUT2D eigenvalue weighted by atomic mass is 10.1. The van der Waals surface area contributed by atoms with Crippen molar-refractivity contribution in [2.75, 3.05) is 0 Å². The van der Waals surface area contributed by atoms with E-state index in [0.29, 0.717) is 16.1 Å². The lowest BCUT2D eigenvalue weighted by molar-refractivity contribution is -0.121. The molecule has 0 aliphatic carbocycles. The molecule has 0 unspecified atom stereocenters. The molecule has 0 saturated carbocycles. The molecule has 0 fully saturated rings. The fourth-order valence-corrected chi connectivity index (χ4v) is 4.30. The van der Waals surface area contributed by atoms with Gasteiger partial charge in [-0.3, -0.25) is 4.79 Å². The Balaban J connectivity index is 2.47. The van der Waals surface area contributed by atoms with Crippen molar-refractivity contribution in [1.82, 2.24) is 4.31 Å². The van der Waals surface area contributed by atoms with Gasteiger partial charge in [0.1, 0.15) is 6.04 Å². The second-order valence-electron chi connectivity index (χ2n) is 5.64. The molecule has 0 saturated heterocycles. The minimum Gasteiger partial charge on any atom is -0.368 e. The second kappa shape index (κ2) is 8.32. The molecule has 136 valence electrons. The van der Waals surface area contributed by atoms with Crippen LogP contribution in [0.4, 0.5) is 0 Å². The maximum absolute atomic E-state index is 13.1. The fourth-order valence-electron chi connectivity index (χ4n) is 2.52. The van der Waals surface area contributed by atoms with Gasteiger partial charge in [0.2, 0.25) is 15.9 Å². The summed E-state index contributed by atoms with van der Waals surface area (Å²) in [6.07, 6.45) is 0.235. The summed E-state index contributed by atoms with van der Waals surface area (Å²) >= 11 is 5.83. The Kier molecular flexibility index (Phi) is 6.37. The fraction of sp³-hybridized carbons (Fsp3) is 0.222. The summed E-state index contributed by atoms with van der Waals surface area (Å²) in [6.45, 7) is 1.65. The highest BCUT2D eigenvalue weighted by Crippen LogP contribution is 2.24. The van der Waals surface area contributed by atoms with E-state index in [-0.39, 0.29) is 17.9 Å². The summed E-state index contributed by atoms with van der Waals surface area (Å²) in [5.41, 5.74) is 6.54. The molecule has 0 spiro atoms. The van der Waals surface area contributed by atoms with Crippen molar-refractivity contribution in [3.8, 4) is 6.07 Å². The third-order valence-electron chi connectivity index (χ3n) is 3.90. The minimum atomic E-state index is -3.98. The van der Waals surface area contributed by atoms with Crippen molar-refractivity contribution in [1.29, 1.82) is 5.26 Å². The van der Waals surface area contributed by atoms with E-state index in [1.165, 1.54) is 24.3 Å². The highest BCUT2D eigenvalue weighted by molar-refractivity contribution is 7.89. The van der Waals surface area contributed by atoms with E-state index in [4.69, 9.17) is 22.6 Å². The summed E-state index contributed by atoms with van der Waals surface area (Å²) in [7, 11) is -3.98. The first-order valence-corrected chi connectivity index (χ1v) is 9.67. The molecule has 0 radical (unpaired) electrons. The van der Waals surface area contributed by atoms with E-state index in [9.17, 15) is 13.2 Å². The lowest BCUT2D eigenvalue weighted by Crippen LogP contribution is -2.47. The number of carbonyl (C=O) groups is 1. The highest BCUT2D eigenvalue weighted by Gasteiger charge is 2.33. The van der Waals surface area contributed by atoms with Gasteiger partial charge in [-0.15, -0.1) is 0 Å². The molecule has 0 bridgehead atoms. The number of benzene rings is 2. The first-order chi connectivity index (χ1) is 12.3. The van der Waals surface area contributed by atoms with Crippen LogP contribution in [0.25, 0.3) is 0 Å². The van der Waals surface area contributed by atoms with E-state index in [0.717, 1.165) is 4.31 Å². The highest BCUT2D eigenvalue weighted by atomic mass is 35.5. The summed E-state index contributed by atoms with van der Waals surface area (Å²) < 4.78 is 27.3. The van der Waals surface area contributed by atoms with Gasteiger partial charge in [0.05, 0.1) is 16.5 Å². The Bertz CT molecular complexity index is 920. The largest absolute Gasteiger partial charge is 0.368 e. The van der Waals surface area contributed by atoms with E-state index >= 15 is 0 Å². The zero-order chi connectivity index (χ0) is 19.3. The predicted molar refractivity (Wildman–Crippen MR) is 98.6 cm³/mol. The van der Waals surface area contributed by atoms with Crippen LogP contribution in [-0.4, -0.2) is 24.7 Å². The summed E-state index contributed by atoms with van der Waals surface area (Å²) in [5, 5.41) is 9.29. The molecule has 0 aromatic heterocycles. The molecule has 2 aromatic rings. The Labute approximate surface area is 157 Å². The zero-order valence-corrected chi connectivity index (χ0v) is 15.7. The first kappa shape index (κ1) is 19.9. The molecule has 8 heteroatoms. The van der Waals surface area contributed by atoms with Crippen LogP contribution in [0.2, 0.25) is 5.02 Å². The molecule has 0 heterocycles. The summed E-state index contributed by atoms with van der Waals surface area (Å²) in [5.74, 6) is -0.723. The van der Waals surface area contributed by atoms with Gasteiger partial charge in [0.15, 0.2) is 0 Å². The monoisotopic (exact) mass is 391 g/mol. The quantitative estimate of drug-likeness (QED) is 0.783. The molecular formula is C18H18ClN3O3S. The van der Waals surface area contributed by atoms with Gasteiger partial charge < -0.3 is 5.73 Å². The van der Waals surface area contributed by atoms with Gasteiger partial charge in [-0.05, 0) is 48.4 Å². The molecule has 2 aromatic carbocycles. The van der Waals surface area contributed by atoms with Gasteiger partial charge in [0.25, 0.3) is 0 Å². The van der Waals surface area contributed by atoms with Crippen LogP contribution >= 0.6 is 11.6 Å². The summed E-state index contributed by atoms with van der Waals surface area (Å²) in [6, 6.07) is 13.2. The summed E-state index contributed by atoms with van der Waals surface area (Å²) in [4.78, 5) is 11.9. The zero-order valence-electron chi connectivity index (χ0n) is 14.1. The number of halogens is 1. The molecule has 26 heavy (non-hydrogen) atoms. The Hall–Kier alpha value is -2.40. The molecule has 6 nitrogen and oxygen atoms in total. The van der Waals surface area contributed by atoms with E-state index in [2.05, 4.69) is 0 Å². The van der Waals surface area contributed by atoms with Gasteiger partial charge in [-0.25, -0.2) is 8.42 Å². The van der Waals surface area contributed by atoms with E-state index in [1.807, 2.05) is 6.07 Å². The molecule has 2 N–H and O–H groups in total. The van der Waals surface area contributed by atoms with E-state index < -0.39 is 22.0 Å². The normalized spacial score (nSPS) is 12.5. The van der Waals surface area contributed by atoms with Gasteiger partial charge in [-0.2, -0.15) is 9.57 Å². The SMILES string of the molecule is CC[C@H](C(N)=O)N(Cc1ccc(C#N)cc1)S(=O)(=O)c1ccc(Cl)cc1. The number of rotatable bonds is 7. The molecule has 0 aliphatic rings. The molecular weight excluding hydrogens is 374 g/mol. The smallest absolute Gasteiger partial charge is 0.244 e. The number of carbonyl (C=O) groups excluding carboxylic acids is 1. The average Bonchev–Trinajstić information content (AvgIpc) is 2.62. The van der Waals surface area contributed by atoms with Crippen LogP contribution in [0, 0.1) is 11.3 Å². The van der Waals surface area contributed by atoms with Crippen molar-refractivity contribution in [3.63, 3.8) is 0 Å². The first-order valence-electron chi connectivity index (χ1n) is 7.85. The Morgan fingerprint density at radius 1 is 1.19 bits per heavy atom. The number of nitrogens with zero attached hydrogens (tertiary/aromatic N) is 2. The van der Waals surface area contributed by atoms with E-state index in [1.54, 1.807) is 31.2 Å². The average molecular weight is 392 g/mol. The number of hydrogen-bond donors (Lipinski definition) is 1. The molecule has 1 atom stereocenters. The minimum absolute atomic E-state index is 0.0234. The maximum Gasteiger partial charge on any atom is 0.244 e. The molecule has 0 aliphatic heterocycles. The van der Waals surface area contributed by atoms with Crippen molar-refractivity contribution in [2.45, 2.75) is 30.8 Å². The maximum atomic E-state index is 13.1.